The lowest BCUT2D eigenvalue weighted by atomic mass is 10.0. The number of aromatic nitrogens is 5. The van der Waals surface area contributed by atoms with Gasteiger partial charge in [-0.1, -0.05) is 42.5 Å². The third kappa shape index (κ3) is 6.07. The van der Waals surface area contributed by atoms with Gasteiger partial charge in [0.05, 0.1) is 29.9 Å². The molecule has 1 N–H and O–H groups in total. The van der Waals surface area contributed by atoms with Crippen molar-refractivity contribution in [3.63, 3.8) is 0 Å². The first-order valence-corrected chi connectivity index (χ1v) is 15.0. The van der Waals surface area contributed by atoms with Gasteiger partial charge >= 0.3 is 12.3 Å². The Morgan fingerprint density at radius 2 is 1.72 bits per heavy atom. The van der Waals surface area contributed by atoms with Crippen LogP contribution in [0.4, 0.5) is 23.7 Å². The molecule has 1 atom stereocenters. The molecular weight excluding hydrogens is 617 g/mol. The number of nitrogens with zero attached hydrogens (tertiary/aromatic N) is 7. The lowest BCUT2D eigenvalue weighted by molar-refractivity contribution is -0.142. The number of alkyl halides is 3. The molecule has 12 nitrogen and oxygen atoms in total. The molecule has 1 aliphatic heterocycles. The van der Waals surface area contributed by atoms with E-state index in [0.717, 1.165) is 17.6 Å². The molecule has 6 rings (SSSR count). The van der Waals surface area contributed by atoms with Crippen molar-refractivity contribution in [1.29, 1.82) is 0 Å². The van der Waals surface area contributed by atoms with Crippen molar-refractivity contribution < 1.29 is 32.3 Å². The Labute approximate surface area is 266 Å². The quantitative estimate of drug-likeness (QED) is 0.269. The summed E-state index contributed by atoms with van der Waals surface area (Å²) in [7, 11) is 0. The van der Waals surface area contributed by atoms with Crippen molar-refractivity contribution >= 4 is 40.0 Å². The second-order valence-electron chi connectivity index (χ2n) is 11.1. The minimum atomic E-state index is -4.79. The van der Waals surface area contributed by atoms with Crippen LogP contribution in [0.3, 0.4) is 0 Å². The smallest absolute Gasteiger partial charge is 0.433 e. The summed E-state index contributed by atoms with van der Waals surface area (Å²) in [5.74, 6) is -0.964. The highest BCUT2D eigenvalue weighted by atomic mass is 19.4. The summed E-state index contributed by atoms with van der Waals surface area (Å²) in [5.41, 5.74) is -0.352. The Balaban J connectivity index is 1.25. The zero-order valence-electron chi connectivity index (χ0n) is 25.8. The molecule has 1 unspecified atom stereocenters. The van der Waals surface area contributed by atoms with Crippen LogP contribution in [-0.2, 0) is 15.7 Å². The Morgan fingerprint density at radius 1 is 1.02 bits per heavy atom. The summed E-state index contributed by atoms with van der Waals surface area (Å²) in [5, 5.41) is 12.5. The van der Waals surface area contributed by atoms with Gasteiger partial charge in [-0.15, -0.1) is 0 Å². The average Bonchev–Trinajstić information content (AvgIpc) is 3.66. The molecule has 0 spiro atoms. The summed E-state index contributed by atoms with van der Waals surface area (Å²) in [6.07, 6.45) is -2.67. The standard InChI is InChI=1S/C32H31F3N8O4/c1-4-47-31(46)41-14-12-40(13-15-41)30(45)20(3)42-18-26(19(2)39-42)38-29(44)24-17-36-43-27(32(33,34)35)16-25(37-28(24)43)23-11-7-9-21-8-5-6-10-22(21)23/h5-11,16-18,20H,4,12-15H2,1-3H3,(H,38,44). The molecule has 4 heterocycles. The van der Waals surface area contributed by atoms with Crippen LogP contribution in [0.15, 0.2) is 60.9 Å². The minimum Gasteiger partial charge on any atom is -0.450 e. The van der Waals surface area contributed by atoms with Crippen LogP contribution in [-0.4, -0.2) is 84.9 Å². The number of rotatable bonds is 6. The molecule has 47 heavy (non-hydrogen) atoms. The molecule has 5 aromatic rings. The maximum Gasteiger partial charge on any atom is 0.433 e. The van der Waals surface area contributed by atoms with Crippen LogP contribution >= 0.6 is 0 Å². The second kappa shape index (κ2) is 12.4. The van der Waals surface area contributed by atoms with Gasteiger partial charge < -0.3 is 19.9 Å². The fraction of sp³-hybridized carbons (Fsp3) is 0.312. The molecule has 3 aromatic heterocycles. The van der Waals surface area contributed by atoms with E-state index in [9.17, 15) is 27.6 Å². The van der Waals surface area contributed by atoms with E-state index in [1.807, 2.05) is 18.2 Å². The van der Waals surface area contributed by atoms with Gasteiger partial charge in [-0.05, 0) is 37.6 Å². The molecule has 1 saturated heterocycles. The summed E-state index contributed by atoms with van der Waals surface area (Å²) in [4.78, 5) is 46.4. The van der Waals surface area contributed by atoms with Crippen LogP contribution in [0.2, 0.25) is 0 Å². The molecular formula is C32H31F3N8O4. The Morgan fingerprint density at radius 3 is 2.45 bits per heavy atom. The molecule has 3 amide bonds. The number of nitrogens with one attached hydrogen (secondary N) is 1. The third-order valence-corrected chi connectivity index (χ3v) is 8.11. The van der Waals surface area contributed by atoms with Gasteiger partial charge in [-0.3, -0.25) is 14.3 Å². The van der Waals surface area contributed by atoms with E-state index in [0.29, 0.717) is 47.3 Å². The maximum absolute atomic E-state index is 14.2. The Hall–Kier alpha value is -5.47. The van der Waals surface area contributed by atoms with E-state index >= 15 is 0 Å². The number of amides is 3. The first-order valence-electron chi connectivity index (χ1n) is 15.0. The predicted molar refractivity (Wildman–Crippen MR) is 166 cm³/mol. The van der Waals surface area contributed by atoms with E-state index < -0.39 is 29.9 Å². The first kappa shape index (κ1) is 31.5. The minimum absolute atomic E-state index is 0.0376. The fourth-order valence-corrected chi connectivity index (χ4v) is 5.61. The number of halogens is 3. The normalized spacial score (nSPS) is 14.4. The SMILES string of the molecule is CCOC(=O)N1CCN(C(=O)C(C)n2cc(NC(=O)c3cnn4c(C(F)(F)F)cc(-c5cccc6ccccc56)nc34)c(C)n2)CC1. The number of hydrogen-bond donors (Lipinski definition) is 1. The van der Waals surface area contributed by atoms with Crippen molar-refractivity contribution in [1.82, 2.24) is 34.2 Å². The number of ether oxygens (including phenoxy) is 1. The van der Waals surface area contributed by atoms with Crippen molar-refractivity contribution in [3.8, 4) is 11.3 Å². The number of aryl methyl sites for hydroxylation is 1. The molecule has 0 radical (unpaired) electrons. The van der Waals surface area contributed by atoms with Gasteiger partial charge in [-0.2, -0.15) is 23.4 Å². The maximum atomic E-state index is 14.2. The number of carbonyl (C=O) groups excluding carboxylic acids is 3. The fourth-order valence-electron chi connectivity index (χ4n) is 5.61. The molecule has 244 valence electrons. The van der Waals surface area contributed by atoms with E-state index in [1.54, 1.807) is 54.8 Å². The largest absolute Gasteiger partial charge is 0.450 e. The number of hydrogen-bond acceptors (Lipinski definition) is 7. The molecule has 1 aliphatic rings. The van der Waals surface area contributed by atoms with Gasteiger partial charge in [0.1, 0.15) is 11.6 Å². The van der Waals surface area contributed by atoms with Crippen molar-refractivity contribution in [2.75, 3.05) is 38.1 Å². The topological polar surface area (TPSA) is 127 Å². The highest BCUT2D eigenvalue weighted by Crippen LogP contribution is 2.35. The van der Waals surface area contributed by atoms with Gasteiger partial charge in [-0.25, -0.2) is 14.3 Å². The van der Waals surface area contributed by atoms with E-state index in [2.05, 4.69) is 20.5 Å². The Kier molecular flexibility index (Phi) is 8.30. The zero-order valence-corrected chi connectivity index (χ0v) is 25.8. The van der Waals surface area contributed by atoms with Gasteiger partial charge in [0.2, 0.25) is 5.91 Å². The summed E-state index contributed by atoms with van der Waals surface area (Å²) in [6.45, 7) is 6.62. The number of anilines is 1. The van der Waals surface area contributed by atoms with Crippen LogP contribution in [0.25, 0.3) is 27.7 Å². The average molecular weight is 649 g/mol. The van der Waals surface area contributed by atoms with Crippen molar-refractivity contribution in [2.45, 2.75) is 33.0 Å². The number of benzene rings is 2. The van der Waals surface area contributed by atoms with E-state index in [1.165, 1.54) is 10.9 Å². The number of piperazine rings is 1. The predicted octanol–water partition coefficient (Wildman–Crippen LogP) is 5.19. The van der Waals surface area contributed by atoms with Crippen LogP contribution in [0.1, 0.15) is 41.6 Å². The molecule has 2 aromatic carbocycles. The zero-order chi connectivity index (χ0) is 33.5. The van der Waals surface area contributed by atoms with Gasteiger partial charge in [0, 0.05) is 37.9 Å². The lowest BCUT2D eigenvalue weighted by Gasteiger charge is -2.35. The summed E-state index contributed by atoms with van der Waals surface area (Å²) in [6, 6.07) is 12.7. The van der Waals surface area contributed by atoms with Crippen molar-refractivity contribution in [2.24, 2.45) is 0 Å². The summed E-state index contributed by atoms with van der Waals surface area (Å²) < 4.78 is 49.8. The van der Waals surface area contributed by atoms with Crippen molar-refractivity contribution in [3.05, 3.63) is 77.9 Å². The number of fused-ring (bicyclic) bond motifs is 2. The van der Waals surface area contributed by atoms with Gasteiger partial charge in [0.15, 0.2) is 11.3 Å². The van der Waals surface area contributed by atoms with E-state index in [4.69, 9.17) is 4.74 Å². The molecule has 0 bridgehead atoms. The highest BCUT2D eigenvalue weighted by Gasteiger charge is 2.36. The first-order chi connectivity index (χ1) is 22.5. The van der Waals surface area contributed by atoms with Crippen LogP contribution in [0, 0.1) is 6.92 Å². The highest BCUT2D eigenvalue weighted by molar-refractivity contribution is 6.08. The van der Waals surface area contributed by atoms with Crippen LogP contribution < -0.4 is 5.32 Å². The second-order valence-corrected chi connectivity index (χ2v) is 11.1. The third-order valence-electron chi connectivity index (χ3n) is 8.11. The molecule has 15 heteroatoms. The molecule has 0 aliphatic carbocycles. The molecule has 0 saturated carbocycles. The van der Waals surface area contributed by atoms with Crippen LogP contribution in [0.5, 0.6) is 0 Å². The number of carbonyl (C=O) groups is 3. The molecule has 1 fully saturated rings. The summed E-state index contributed by atoms with van der Waals surface area (Å²) >= 11 is 0. The Bertz CT molecular complexity index is 1990. The van der Waals surface area contributed by atoms with Gasteiger partial charge in [0.25, 0.3) is 5.91 Å². The lowest BCUT2D eigenvalue weighted by Crippen LogP contribution is -2.52. The monoisotopic (exact) mass is 648 g/mol. The van der Waals surface area contributed by atoms with E-state index in [-0.39, 0.29) is 35.1 Å².